The molecule has 0 atom stereocenters. The average Bonchev–Trinajstić information content (AvgIpc) is 3.20. The van der Waals surface area contributed by atoms with E-state index in [9.17, 15) is 18.0 Å². The Kier molecular flexibility index (Phi) is 10.3. The van der Waals surface area contributed by atoms with Crippen LogP contribution in [0.15, 0.2) is 53.5 Å². The second-order valence-corrected chi connectivity index (χ2v) is 7.41. The lowest BCUT2D eigenvalue weighted by Gasteiger charge is -2.16. The van der Waals surface area contributed by atoms with E-state index in [1.807, 2.05) is 36.1 Å². The lowest BCUT2D eigenvalue weighted by Crippen LogP contribution is -2.36. The van der Waals surface area contributed by atoms with Crippen molar-refractivity contribution in [3.05, 3.63) is 59.7 Å². The van der Waals surface area contributed by atoms with Gasteiger partial charge in [-0.1, -0.05) is 24.3 Å². The Hall–Kier alpha value is -2.50. The predicted octanol–water partition coefficient (Wildman–Crippen LogP) is 4.63. The average molecular weight is 576 g/mol. The van der Waals surface area contributed by atoms with Crippen molar-refractivity contribution in [2.45, 2.75) is 39.0 Å². The molecule has 0 saturated carbocycles. The maximum atomic E-state index is 12.2. The van der Waals surface area contributed by atoms with Gasteiger partial charge in [-0.05, 0) is 48.7 Å². The van der Waals surface area contributed by atoms with Gasteiger partial charge in [-0.3, -0.25) is 4.79 Å². The maximum Gasteiger partial charge on any atom is 0.422 e. The van der Waals surface area contributed by atoms with E-state index in [0.717, 1.165) is 29.8 Å². The van der Waals surface area contributed by atoms with Crippen LogP contribution in [0.2, 0.25) is 0 Å². The Morgan fingerprint density at radius 2 is 1.73 bits per heavy atom. The lowest BCUT2D eigenvalue weighted by atomic mass is 10.2. The Bertz CT molecular complexity index is 919. The largest absolute Gasteiger partial charge is 0.484 e. The van der Waals surface area contributed by atoms with Gasteiger partial charge in [-0.15, -0.1) is 24.0 Å². The Labute approximate surface area is 208 Å². The van der Waals surface area contributed by atoms with Crippen LogP contribution in [-0.4, -0.2) is 37.7 Å². The van der Waals surface area contributed by atoms with Gasteiger partial charge < -0.3 is 20.3 Å². The number of carbonyl (C=O) groups is 1. The van der Waals surface area contributed by atoms with Gasteiger partial charge >= 0.3 is 6.18 Å². The van der Waals surface area contributed by atoms with Gasteiger partial charge in [-0.2, -0.15) is 13.2 Å². The fraction of sp³-hybridized carbons (Fsp3) is 0.391. The van der Waals surface area contributed by atoms with Gasteiger partial charge in [0.1, 0.15) is 5.75 Å². The number of benzene rings is 2. The summed E-state index contributed by atoms with van der Waals surface area (Å²) in [6, 6.07) is 14.3. The molecule has 1 amide bonds. The topological polar surface area (TPSA) is 66.0 Å². The van der Waals surface area contributed by atoms with Gasteiger partial charge in [0.05, 0.1) is 6.54 Å². The lowest BCUT2D eigenvalue weighted by molar-refractivity contribution is -0.153. The van der Waals surface area contributed by atoms with Crippen LogP contribution in [0.4, 0.5) is 18.9 Å². The summed E-state index contributed by atoms with van der Waals surface area (Å²) in [5.74, 6) is 0.959. The van der Waals surface area contributed by atoms with Gasteiger partial charge in [0.25, 0.3) is 0 Å². The fourth-order valence-corrected chi connectivity index (χ4v) is 3.27. The normalized spacial score (nSPS) is 14.1. The zero-order valence-corrected chi connectivity index (χ0v) is 20.7. The van der Waals surface area contributed by atoms with E-state index in [0.29, 0.717) is 32.0 Å². The molecule has 2 N–H and O–H groups in total. The van der Waals surface area contributed by atoms with Gasteiger partial charge in [0, 0.05) is 31.7 Å². The van der Waals surface area contributed by atoms with Crippen molar-refractivity contribution < 1.29 is 22.7 Å². The van der Waals surface area contributed by atoms with Crippen LogP contribution in [0.1, 0.15) is 30.9 Å². The molecule has 10 heteroatoms. The summed E-state index contributed by atoms with van der Waals surface area (Å²) in [7, 11) is 0. The van der Waals surface area contributed by atoms with E-state index in [1.165, 1.54) is 12.1 Å². The summed E-state index contributed by atoms with van der Waals surface area (Å²) in [4.78, 5) is 18.2. The standard InChI is InChI=1S/C23H27F3N4O2.HI/c1-2-27-22(29-15-18-7-11-20(12-8-18)32-16-23(24,25)26)28-14-17-5-9-19(10-6-17)30-13-3-4-21(30)31;/h5-12H,2-4,13-16H2,1H3,(H2,27,28,29);1H. The number of alkyl halides is 3. The van der Waals surface area contributed by atoms with Crippen LogP contribution in [0, 0.1) is 0 Å². The number of hydrogen-bond donors (Lipinski definition) is 2. The second-order valence-electron chi connectivity index (χ2n) is 7.41. The molecule has 1 fully saturated rings. The summed E-state index contributed by atoms with van der Waals surface area (Å²) in [5, 5.41) is 6.43. The summed E-state index contributed by atoms with van der Waals surface area (Å²) in [6.45, 7) is 3.03. The predicted molar refractivity (Wildman–Crippen MR) is 133 cm³/mol. The van der Waals surface area contributed by atoms with Crippen molar-refractivity contribution in [2.75, 3.05) is 24.6 Å². The molecule has 6 nitrogen and oxygen atoms in total. The monoisotopic (exact) mass is 576 g/mol. The summed E-state index contributed by atoms with van der Waals surface area (Å²) in [5.41, 5.74) is 2.82. The summed E-state index contributed by atoms with van der Waals surface area (Å²) >= 11 is 0. The Morgan fingerprint density at radius 1 is 1.06 bits per heavy atom. The number of amides is 1. The van der Waals surface area contributed by atoms with Crippen LogP contribution in [-0.2, 0) is 17.9 Å². The van der Waals surface area contributed by atoms with Crippen molar-refractivity contribution in [3.63, 3.8) is 0 Å². The molecular weight excluding hydrogens is 548 g/mol. The number of hydrogen-bond acceptors (Lipinski definition) is 3. The van der Waals surface area contributed by atoms with Crippen LogP contribution in [0.3, 0.4) is 0 Å². The minimum Gasteiger partial charge on any atom is -0.484 e. The van der Waals surface area contributed by atoms with Crippen molar-refractivity contribution in [1.82, 2.24) is 10.6 Å². The van der Waals surface area contributed by atoms with Crippen LogP contribution in [0.25, 0.3) is 0 Å². The molecule has 2 aromatic rings. The van der Waals surface area contributed by atoms with Gasteiger partial charge in [-0.25, -0.2) is 4.99 Å². The molecule has 0 spiro atoms. The molecule has 1 saturated heterocycles. The van der Waals surface area contributed by atoms with Crippen molar-refractivity contribution in [2.24, 2.45) is 4.99 Å². The molecule has 0 aromatic heterocycles. The van der Waals surface area contributed by atoms with E-state index in [2.05, 4.69) is 15.6 Å². The Balaban J connectivity index is 0.00000385. The highest BCUT2D eigenvalue weighted by molar-refractivity contribution is 14.0. The molecule has 1 heterocycles. The SMILES string of the molecule is CCNC(=NCc1ccc(OCC(F)(F)F)cc1)NCc1ccc(N2CCCC2=O)cc1.I. The molecule has 1 aliphatic rings. The molecule has 0 aliphatic carbocycles. The minimum absolute atomic E-state index is 0. The number of rotatable bonds is 8. The molecule has 0 radical (unpaired) electrons. The molecular formula is C23H28F3IN4O2. The van der Waals surface area contributed by atoms with E-state index < -0.39 is 12.8 Å². The third kappa shape index (κ3) is 8.75. The van der Waals surface area contributed by atoms with Crippen molar-refractivity contribution in [1.29, 1.82) is 0 Å². The van der Waals surface area contributed by atoms with E-state index in [-0.39, 0.29) is 35.6 Å². The number of carbonyl (C=O) groups excluding carboxylic acids is 1. The Morgan fingerprint density at radius 3 is 2.30 bits per heavy atom. The zero-order valence-electron chi connectivity index (χ0n) is 18.3. The van der Waals surface area contributed by atoms with Crippen LogP contribution < -0.4 is 20.3 Å². The second kappa shape index (κ2) is 12.7. The molecule has 0 bridgehead atoms. The number of aliphatic imine (C=N–C) groups is 1. The van der Waals surface area contributed by atoms with Gasteiger partial charge in [0.2, 0.25) is 5.91 Å². The first kappa shape index (κ1) is 26.7. The minimum atomic E-state index is -4.36. The number of guanidine groups is 1. The first-order chi connectivity index (χ1) is 15.3. The molecule has 180 valence electrons. The molecule has 33 heavy (non-hydrogen) atoms. The number of nitrogens with one attached hydrogen (secondary N) is 2. The van der Waals surface area contributed by atoms with E-state index in [1.54, 1.807) is 12.1 Å². The zero-order chi connectivity index (χ0) is 23.0. The molecule has 2 aromatic carbocycles. The molecule has 0 unspecified atom stereocenters. The maximum absolute atomic E-state index is 12.2. The van der Waals surface area contributed by atoms with Crippen LogP contribution in [0.5, 0.6) is 5.75 Å². The van der Waals surface area contributed by atoms with Crippen LogP contribution >= 0.6 is 24.0 Å². The summed E-state index contributed by atoms with van der Waals surface area (Å²) < 4.78 is 41.4. The highest BCUT2D eigenvalue weighted by Gasteiger charge is 2.28. The number of nitrogens with zero attached hydrogens (tertiary/aromatic N) is 2. The van der Waals surface area contributed by atoms with E-state index >= 15 is 0 Å². The highest BCUT2D eigenvalue weighted by atomic mass is 127. The van der Waals surface area contributed by atoms with Crippen molar-refractivity contribution >= 4 is 41.5 Å². The quantitative estimate of drug-likeness (QED) is 0.274. The third-order valence-electron chi connectivity index (χ3n) is 4.87. The first-order valence-electron chi connectivity index (χ1n) is 10.5. The smallest absolute Gasteiger partial charge is 0.422 e. The molecule has 1 aliphatic heterocycles. The third-order valence-corrected chi connectivity index (χ3v) is 4.87. The number of anilines is 1. The summed E-state index contributed by atoms with van der Waals surface area (Å²) in [6.07, 6.45) is -2.86. The van der Waals surface area contributed by atoms with Crippen molar-refractivity contribution in [3.8, 4) is 5.75 Å². The van der Waals surface area contributed by atoms with Gasteiger partial charge in [0.15, 0.2) is 12.6 Å². The highest BCUT2D eigenvalue weighted by Crippen LogP contribution is 2.22. The number of ether oxygens (including phenoxy) is 1. The molecule has 3 rings (SSSR count). The fourth-order valence-electron chi connectivity index (χ4n) is 3.27. The van der Waals surface area contributed by atoms with E-state index in [4.69, 9.17) is 4.74 Å². The first-order valence-corrected chi connectivity index (χ1v) is 10.5. The number of halogens is 4.